The molecule has 19 heteroatoms. The van der Waals surface area contributed by atoms with Gasteiger partial charge in [-0.15, -0.1) is 0 Å². The third-order valence-corrected chi connectivity index (χ3v) is 15.7. The number of ketones is 1. The van der Waals surface area contributed by atoms with E-state index in [1.54, 1.807) is 70.0 Å². The number of ether oxygens (including phenoxy) is 4. The zero-order valence-corrected chi connectivity index (χ0v) is 44.1. The molecule has 2 aromatic carbocycles. The highest BCUT2D eigenvalue weighted by Gasteiger charge is 2.50. The van der Waals surface area contributed by atoms with E-state index in [2.05, 4.69) is 33.9 Å². The van der Waals surface area contributed by atoms with Crippen LogP contribution in [-0.2, 0) is 32.6 Å². The highest BCUT2D eigenvalue weighted by Crippen LogP contribution is 2.50. The maximum absolute atomic E-state index is 15.0. The van der Waals surface area contributed by atoms with Gasteiger partial charge in [-0.05, 0) is 25.8 Å². The molecule has 2 fully saturated rings. The lowest BCUT2D eigenvalue weighted by Crippen LogP contribution is -2.52. The number of rotatable bonds is 6. The van der Waals surface area contributed by atoms with Crippen molar-refractivity contribution in [3.63, 3.8) is 0 Å². The largest absolute Gasteiger partial charge is 0.507 e. The highest BCUT2D eigenvalue weighted by molar-refractivity contribution is 6.19. The molecule has 9 atom stereocenters. The normalized spacial score (nSPS) is 30.8. The monoisotopic (exact) mass is 1010 g/mol. The van der Waals surface area contributed by atoms with Crippen LogP contribution in [0, 0.1) is 36.5 Å². The molecule has 19 nitrogen and oxygen atoms in total. The SMILES string of the molecule is CO[C@H]1/C=C/O[C@@]2(C)Oc3c(C)c(O)c4c(O)c(c5c(c4c3C2=O)=NC2(CCN(CC(C)C)CC2)N=5)NC(=O)/C(C)=C\C=C\[C@H](C)[C@H](O)[C@@H](C)[C@@H](O)[C@@H](C)[C@H](OC(=O)N2CCN(Cc3nccn3C)CC2)[C@@H]1C. The van der Waals surface area contributed by atoms with Crippen molar-refractivity contribution in [3.05, 3.63) is 76.2 Å². The Morgan fingerprint density at radius 1 is 0.904 bits per heavy atom. The number of methoxy groups -OCH3 is 1. The van der Waals surface area contributed by atoms with Gasteiger partial charge in [-0.2, -0.15) is 0 Å². The standard InChI is InChI=1S/C54H74N8O11/c1-29(2)27-60-19-16-54(17-20-60)57-41-38-39-46(65)35(8)49-40(38)50(67)53(9,73-49)71-26-15-36(70-11)32(5)48(72-52(69)62-24-22-61(23-25-62)28-37-55-18-21-59(37)10)34(7)45(64)33(6)44(63)30(3)13-12-14-31(4)51(68)56-43(47(39)66)42(41)58-54/h12-15,18,21,26,29-30,32-34,36,44-45,48,63-66H,16-17,19-20,22-25,27-28H2,1-11H3,(H,56,68)/b13-12+,26-15+,31-14-/t30-,32+,33+,34+,36-,44-,45+,48+,53-/m0/s1. The number of allylic oxidation sites excluding steroid dienone is 2. The molecule has 2 amide bonds. The Labute approximate surface area is 426 Å². The quantitative estimate of drug-likeness (QED) is 0.208. The van der Waals surface area contributed by atoms with Crippen LogP contribution in [0.3, 0.4) is 0 Å². The summed E-state index contributed by atoms with van der Waals surface area (Å²) in [6.45, 7) is 21.0. The summed E-state index contributed by atoms with van der Waals surface area (Å²) in [5.74, 6) is -5.23. The van der Waals surface area contributed by atoms with E-state index in [1.807, 2.05) is 24.7 Å². The molecule has 73 heavy (non-hydrogen) atoms. The summed E-state index contributed by atoms with van der Waals surface area (Å²) in [5, 5.41) is 51.2. The number of anilines is 1. The van der Waals surface area contributed by atoms with Crippen LogP contribution < -0.4 is 20.8 Å². The van der Waals surface area contributed by atoms with Gasteiger partial charge in [0.2, 0.25) is 0 Å². The van der Waals surface area contributed by atoms with Crippen molar-refractivity contribution in [1.82, 2.24) is 24.3 Å². The molecule has 2 saturated heterocycles. The van der Waals surface area contributed by atoms with E-state index in [4.69, 9.17) is 28.9 Å². The maximum Gasteiger partial charge on any atom is 0.410 e. The molecule has 3 aromatic rings. The molecule has 5 N–H and O–H groups in total. The first kappa shape index (κ1) is 53.4. The van der Waals surface area contributed by atoms with Gasteiger partial charge in [-0.25, -0.2) is 9.78 Å². The Kier molecular flexibility index (Phi) is 15.5. The minimum absolute atomic E-state index is 0.0314. The van der Waals surface area contributed by atoms with Crippen LogP contribution in [-0.4, -0.2) is 151 Å². The average Bonchev–Trinajstić information content (AvgIpc) is 4.03. The number of imidazole rings is 1. The number of aryl methyl sites for hydroxylation is 1. The third kappa shape index (κ3) is 10.4. The van der Waals surface area contributed by atoms with Crippen molar-refractivity contribution in [1.29, 1.82) is 0 Å². The predicted octanol–water partition coefficient (Wildman–Crippen LogP) is 4.87. The van der Waals surface area contributed by atoms with Crippen LogP contribution in [0.5, 0.6) is 17.2 Å². The number of likely N-dealkylation sites (tertiary alicyclic amines) is 1. The lowest BCUT2D eigenvalue weighted by Gasteiger charge is -2.40. The molecule has 0 unspecified atom stereocenters. The van der Waals surface area contributed by atoms with Gasteiger partial charge in [0.1, 0.15) is 34.5 Å². The summed E-state index contributed by atoms with van der Waals surface area (Å²) < 4.78 is 27.0. The van der Waals surface area contributed by atoms with E-state index < -0.39 is 83.1 Å². The molecular formula is C54H74N8O11. The molecule has 1 spiro atoms. The first-order chi connectivity index (χ1) is 34.6. The van der Waals surface area contributed by atoms with Crippen molar-refractivity contribution in [2.24, 2.45) is 46.6 Å². The number of carbonyl (C=O) groups is 3. The Balaban J connectivity index is 1.17. The number of carbonyl (C=O) groups excluding carboxylic acids is 3. The third-order valence-electron chi connectivity index (χ3n) is 15.7. The van der Waals surface area contributed by atoms with Crippen molar-refractivity contribution >= 4 is 34.2 Å². The molecule has 9 rings (SSSR count). The molecule has 6 aliphatic heterocycles. The first-order valence-electron chi connectivity index (χ1n) is 25.6. The van der Waals surface area contributed by atoms with Gasteiger partial charge >= 0.3 is 11.9 Å². The fourth-order valence-corrected chi connectivity index (χ4v) is 11.0. The number of Topliss-reactive ketones (excluding diaryl/α,β-unsaturated/α-hetero) is 1. The van der Waals surface area contributed by atoms with Crippen LogP contribution in [0.15, 0.2) is 58.5 Å². The number of hydrogen-bond acceptors (Lipinski definition) is 16. The second-order valence-corrected chi connectivity index (χ2v) is 21.4. The summed E-state index contributed by atoms with van der Waals surface area (Å²) in [7, 11) is 3.43. The Bertz CT molecular complexity index is 2830. The highest BCUT2D eigenvalue weighted by atomic mass is 16.7. The molecule has 6 aliphatic rings. The molecule has 1 aromatic heterocycles. The number of piperazine rings is 1. The number of benzene rings is 2. The molecule has 0 radical (unpaired) electrons. The number of nitrogens with zero attached hydrogens (tertiary/aromatic N) is 7. The zero-order chi connectivity index (χ0) is 52.8. The zero-order valence-electron chi connectivity index (χ0n) is 44.1. The van der Waals surface area contributed by atoms with E-state index in [9.17, 15) is 34.8 Å². The second-order valence-electron chi connectivity index (χ2n) is 21.4. The Morgan fingerprint density at radius 3 is 2.23 bits per heavy atom. The molecular weight excluding hydrogens is 937 g/mol. The summed E-state index contributed by atoms with van der Waals surface area (Å²) >= 11 is 0. The van der Waals surface area contributed by atoms with E-state index in [1.165, 1.54) is 20.3 Å². The minimum atomic E-state index is -1.99. The number of phenolic OH excluding ortho intramolecular Hbond substituents is 2. The van der Waals surface area contributed by atoms with Crippen molar-refractivity contribution in [2.45, 2.75) is 118 Å². The van der Waals surface area contributed by atoms with Crippen LogP contribution >= 0.6 is 0 Å². The Hall–Kier alpha value is -5.86. The van der Waals surface area contributed by atoms with Gasteiger partial charge in [0, 0.05) is 132 Å². The number of aromatic hydroxyl groups is 2. The summed E-state index contributed by atoms with van der Waals surface area (Å²) in [4.78, 5) is 64.2. The Morgan fingerprint density at radius 2 is 1.59 bits per heavy atom. The number of amides is 2. The molecule has 396 valence electrons. The predicted molar refractivity (Wildman–Crippen MR) is 272 cm³/mol. The summed E-state index contributed by atoms with van der Waals surface area (Å²) in [6, 6.07) is 0. The fourth-order valence-electron chi connectivity index (χ4n) is 11.0. The van der Waals surface area contributed by atoms with Crippen LogP contribution in [0.4, 0.5) is 10.5 Å². The van der Waals surface area contributed by atoms with E-state index in [0.29, 0.717) is 64.6 Å². The maximum atomic E-state index is 15.0. The van der Waals surface area contributed by atoms with E-state index in [0.717, 1.165) is 12.4 Å². The van der Waals surface area contributed by atoms with Gasteiger partial charge in [0.15, 0.2) is 11.4 Å². The number of aliphatic hydroxyl groups excluding tert-OH is 2. The molecule has 5 bridgehead atoms. The number of phenols is 2. The van der Waals surface area contributed by atoms with Gasteiger partial charge in [-0.1, -0.05) is 59.8 Å². The summed E-state index contributed by atoms with van der Waals surface area (Å²) in [6.07, 6.45) is 7.98. The lowest BCUT2D eigenvalue weighted by atomic mass is 9.78. The van der Waals surface area contributed by atoms with Gasteiger partial charge in [0.05, 0.1) is 47.4 Å². The van der Waals surface area contributed by atoms with Crippen molar-refractivity contribution in [3.8, 4) is 17.2 Å². The van der Waals surface area contributed by atoms with Crippen molar-refractivity contribution in [2.75, 3.05) is 58.2 Å². The van der Waals surface area contributed by atoms with Gasteiger partial charge in [0.25, 0.3) is 11.7 Å². The number of nitrogens with one attached hydrogen (secondary N) is 1. The number of aromatic nitrogens is 2. The lowest BCUT2D eigenvalue weighted by molar-refractivity contribution is -0.112. The second kappa shape index (κ2) is 21.2. The average molecular weight is 1010 g/mol. The van der Waals surface area contributed by atoms with Crippen molar-refractivity contribution < 1.29 is 53.8 Å². The van der Waals surface area contributed by atoms with Crippen LogP contribution in [0.2, 0.25) is 0 Å². The van der Waals surface area contributed by atoms with E-state index >= 15 is 0 Å². The molecule has 0 aliphatic carbocycles. The molecule has 7 heterocycles. The smallest absolute Gasteiger partial charge is 0.410 e. The number of hydrogen-bond donors (Lipinski definition) is 5. The first-order valence-corrected chi connectivity index (χ1v) is 25.6. The van der Waals surface area contributed by atoms with Crippen LogP contribution in [0.25, 0.3) is 10.8 Å². The molecule has 0 saturated carbocycles. The van der Waals surface area contributed by atoms with Gasteiger partial charge in [-0.3, -0.25) is 24.5 Å². The number of piperidine rings is 1. The number of aliphatic hydroxyl groups is 2. The van der Waals surface area contributed by atoms with E-state index in [-0.39, 0.29) is 55.4 Å². The minimum Gasteiger partial charge on any atom is -0.507 e. The van der Waals surface area contributed by atoms with Crippen LogP contribution in [0.1, 0.15) is 90.0 Å². The fraction of sp³-hybridized carbons (Fsp3) is 0.593. The van der Waals surface area contributed by atoms with Gasteiger partial charge < -0.3 is 59.1 Å². The topological polar surface area (TPSA) is 233 Å². The summed E-state index contributed by atoms with van der Waals surface area (Å²) in [5.41, 5.74) is -0.606. The number of fused-ring (bicyclic) bond motifs is 13.